The maximum Gasteiger partial charge on any atom is 0.243 e. The van der Waals surface area contributed by atoms with Gasteiger partial charge in [0.25, 0.3) is 0 Å². The molecule has 0 heterocycles. The van der Waals surface area contributed by atoms with Crippen molar-refractivity contribution in [3.8, 4) is 0 Å². The molecular weight excluding hydrogens is 334 g/mol. The van der Waals surface area contributed by atoms with Crippen LogP contribution in [0.25, 0.3) is 0 Å². The highest BCUT2D eigenvalue weighted by Crippen LogP contribution is 2.20. The minimum absolute atomic E-state index is 0.00565. The fraction of sp³-hybridized carbons (Fsp3) is 0.500. The monoisotopic (exact) mass is 351 g/mol. The highest BCUT2D eigenvalue weighted by Gasteiger charge is 2.24. The lowest BCUT2D eigenvalue weighted by Crippen LogP contribution is -2.35. The van der Waals surface area contributed by atoms with Crippen molar-refractivity contribution in [2.24, 2.45) is 0 Å². The van der Waals surface area contributed by atoms with Crippen LogP contribution < -0.4 is 0 Å². The third-order valence-corrected chi connectivity index (χ3v) is 6.01. The van der Waals surface area contributed by atoms with Crippen molar-refractivity contribution in [3.05, 3.63) is 28.7 Å². The van der Waals surface area contributed by atoms with Gasteiger partial charge in [-0.1, -0.05) is 15.9 Å². The number of rotatable bonds is 6. The molecule has 0 N–H and O–H groups in total. The van der Waals surface area contributed by atoms with E-state index >= 15 is 0 Å². The van der Waals surface area contributed by atoms with Crippen LogP contribution in [0.3, 0.4) is 0 Å². The fourth-order valence-electron chi connectivity index (χ4n) is 1.48. The molecule has 0 aliphatic heterocycles. The third-order valence-electron chi connectivity index (χ3n) is 2.85. The molecule has 0 aliphatic carbocycles. The van der Waals surface area contributed by atoms with Crippen LogP contribution in [-0.4, -0.2) is 37.8 Å². The van der Waals surface area contributed by atoms with E-state index in [-0.39, 0.29) is 6.04 Å². The molecule has 102 valence electrons. The Morgan fingerprint density at radius 2 is 1.89 bits per heavy atom. The van der Waals surface area contributed by atoms with Gasteiger partial charge in [0.2, 0.25) is 10.0 Å². The summed E-state index contributed by atoms with van der Waals surface area (Å²) in [5.74, 6) is 0.960. The van der Waals surface area contributed by atoms with E-state index in [9.17, 15) is 8.42 Å². The van der Waals surface area contributed by atoms with Crippen LogP contribution in [0, 0.1) is 0 Å². The molecule has 6 heteroatoms. The summed E-state index contributed by atoms with van der Waals surface area (Å²) in [6.45, 7) is 1.94. The smallest absolute Gasteiger partial charge is 0.207 e. The average molecular weight is 352 g/mol. The maximum atomic E-state index is 12.4. The van der Waals surface area contributed by atoms with Gasteiger partial charge in [-0.25, -0.2) is 8.42 Å². The zero-order valence-corrected chi connectivity index (χ0v) is 14.0. The van der Waals surface area contributed by atoms with Crippen LogP contribution in [-0.2, 0) is 10.0 Å². The van der Waals surface area contributed by atoms with Gasteiger partial charge in [-0.3, -0.25) is 0 Å². The molecule has 3 nitrogen and oxygen atoms in total. The lowest BCUT2D eigenvalue weighted by atomic mass is 10.3. The molecule has 18 heavy (non-hydrogen) atoms. The van der Waals surface area contributed by atoms with Crippen LogP contribution in [0.2, 0.25) is 0 Å². The summed E-state index contributed by atoms with van der Waals surface area (Å²) in [6.07, 6.45) is 2.88. The summed E-state index contributed by atoms with van der Waals surface area (Å²) >= 11 is 5.03. The number of thioether (sulfide) groups is 1. The van der Waals surface area contributed by atoms with Crippen molar-refractivity contribution >= 4 is 37.7 Å². The second-order valence-electron chi connectivity index (χ2n) is 4.11. The Kier molecular flexibility index (Phi) is 6.17. The Morgan fingerprint density at radius 1 is 1.33 bits per heavy atom. The number of hydrogen-bond donors (Lipinski definition) is 0. The van der Waals surface area contributed by atoms with E-state index < -0.39 is 10.0 Å². The van der Waals surface area contributed by atoms with Gasteiger partial charge in [-0.2, -0.15) is 16.1 Å². The summed E-state index contributed by atoms with van der Waals surface area (Å²) in [7, 11) is -1.74. The molecule has 0 amide bonds. The lowest BCUT2D eigenvalue weighted by Gasteiger charge is -2.24. The summed E-state index contributed by atoms with van der Waals surface area (Å²) in [4.78, 5) is 0.337. The molecule has 0 saturated heterocycles. The first-order chi connectivity index (χ1) is 8.39. The summed E-state index contributed by atoms with van der Waals surface area (Å²) in [5, 5.41) is 0. The Balaban J connectivity index is 2.89. The summed E-state index contributed by atoms with van der Waals surface area (Å²) < 4.78 is 27.0. The number of hydrogen-bond acceptors (Lipinski definition) is 3. The van der Waals surface area contributed by atoms with Gasteiger partial charge in [0.1, 0.15) is 0 Å². The molecule has 0 spiro atoms. The quantitative estimate of drug-likeness (QED) is 0.789. The normalized spacial score (nSPS) is 13.8. The van der Waals surface area contributed by atoms with E-state index in [4.69, 9.17) is 0 Å². The number of sulfonamides is 1. The van der Waals surface area contributed by atoms with E-state index in [0.29, 0.717) is 4.90 Å². The number of benzene rings is 1. The van der Waals surface area contributed by atoms with E-state index in [2.05, 4.69) is 15.9 Å². The van der Waals surface area contributed by atoms with Crippen molar-refractivity contribution in [1.82, 2.24) is 4.31 Å². The molecule has 0 aromatic heterocycles. The Labute approximate surface area is 122 Å². The predicted octanol–water partition coefficient (Wildman–Crippen LogP) is 3.21. The van der Waals surface area contributed by atoms with E-state index in [1.54, 1.807) is 43.1 Å². The third kappa shape index (κ3) is 3.98. The van der Waals surface area contributed by atoms with Crippen LogP contribution in [0.5, 0.6) is 0 Å². The van der Waals surface area contributed by atoms with Gasteiger partial charge in [0.05, 0.1) is 4.90 Å². The Hall–Kier alpha value is -0.0400. The van der Waals surface area contributed by atoms with Gasteiger partial charge in [-0.15, -0.1) is 0 Å². The molecule has 0 bridgehead atoms. The Bertz CT molecular complexity index is 473. The van der Waals surface area contributed by atoms with E-state index in [1.807, 2.05) is 13.2 Å². The number of nitrogens with zero attached hydrogens (tertiary/aromatic N) is 1. The summed E-state index contributed by atoms with van der Waals surface area (Å²) in [5.41, 5.74) is 0. The highest BCUT2D eigenvalue weighted by molar-refractivity contribution is 9.10. The van der Waals surface area contributed by atoms with Gasteiger partial charge in [0.15, 0.2) is 0 Å². The second-order valence-corrected chi connectivity index (χ2v) is 8.00. The van der Waals surface area contributed by atoms with Crippen LogP contribution in [0.4, 0.5) is 0 Å². The molecule has 0 fully saturated rings. The van der Waals surface area contributed by atoms with Crippen molar-refractivity contribution in [2.75, 3.05) is 19.1 Å². The molecule has 0 radical (unpaired) electrons. The minimum Gasteiger partial charge on any atom is -0.207 e. The Morgan fingerprint density at radius 3 is 2.39 bits per heavy atom. The topological polar surface area (TPSA) is 37.4 Å². The van der Waals surface area contributed by atoms with Crippen LogP contribution in [0.15, 0.2) is 33.6 Å². The van der Waals surface area contributed by atoms with Gasteiger partial charge < -0.3 is 0 Å². The number of halogens is 1. The van der Waals surface area contributed by atoms with Crippen molar-refractivity contribution in [3.63, 3.8) is 0 Å². The van der Waals surface area contributed by atoms with Gasteiger partial charge in [-0.05, 0) is 49.6 Å². The lowest BCUT2D eigenvalue weighted by molar-refractivity contribution is 0.382. The summed E-state index contributed by atoms with van der Waals surface area (Å²) in [6, 6.07) is 6.74. The zero-order valence-electron chi connectivity index (χ0n) is 10.8. The molecule has 1 unspecified atom stereocenters. The molecule has 1 aromatic carbocycles. The first kappa shape index (κ1) is 16.0. The van der Waals surface area contributed by atoms with Crippen LogP contribution >= 0.6 is 27.7 Å². The highest BCUT2D eigenvalue weighted by atomic mass is 79.9. The van der Waals surface area contributed by atoms with E-state index in [1.165, 1.54) is 4.31 Å². The standard InChI is InChI=1S/C12H18BrNO2S2/c1-10(8-9-17-3)14(2)18(15,16)12-6-4-11(13)5-7-12/h4-7,10H,8-9H2,1-3H3. The average Bonchev–Trinajstić information content (AvgIpc) is 2.35. The predicted molar refractivity (Wildman–Crippen MR) is 81.6 cm³/mol. The first-order valence-corrected chi connectivity index (χ1v) is 9.25. The first-order valence-electron chi connectivity index (χ1n) is 5.62. The molecule has 0 saturated carbocycles. The SMILES string of the molecule is CSCCC(C)N(C)S(=O)(=O)c1ccc(Br)cc1. The fourth-order valence-corrected chi connectivity index (χ4v) is 3.71. The van der Waals surface area contributed by atoms with Crippen molar-refractivity contribution in [1.29, 1.82) is 0 Å². The molecule has 1 rings (SSSR count). The molecule has 1 aromatic rings. The van der Waals surface area contributed by atoms with Gasteiger partial charge in [0, 0.05) is 17.6 Å². The molecule has 0 aliphatic rings. The van der Waals surface area contributed by atoms with Crippen molar-refractivity contribution < 1.29 is 8.42 Å². The zero-order chi connectivity index (χ0) is 13.8. The van der Waals surface area contributed by atoms with E-state index in [0.717, 1.165) is 16.6 Å². The van der Waals surface area contributed by atoms with Gasteiger partial charge >= 0.3 is 0 Å². The molecule has 1 atom stereocenters. The van der Waals surface area contributed by atoms with Crippen LogP contribution in [0.1, 0.15) is 13.3 Å². The maximum absolute atomic E-state index is 12.4. The second kappa shape index (κ2) is 6.93. The minimum atomic E-state index is -3.38. The molecular formula is C12H18BrNO2S2. The van der Waals surface area contributed by atoms with Crippen molar-refractivity contribution in [2.45, 2.75) is 24.3 Å². The largest absolute Gasteiger partial charge is 0.243 e.